The Hall–Kier alpha value is -3.94. The number of rotatable bonds is 5. The van der Waals surface area contributed by atoms with E-state index in [1.54, 1.807) is 35.2 Å². The van der Waals surface area contributed by atoms with Crippen LogP contribution in [0, 0.1) is 0 Å². The SMILES string of the molecule is Nc1ncc(C(=O)Nc2ccccc2)c(Oc2cccc(N3CCCC3=O)c2)n1. The average Bonchev–Trinajstić information content (AvgIpc) is 3.15. The van der Waals surface area contributed by atoms with Gasteiger partial charge >= 0.3 is 0 Å². The number of carbonyl (C=O) groups excluding carboxylic acids is 2. The standard InChI is InChI=1S/C21H19N5O3/c22-21-23-13-17(19(28)24-14-6-2-1-3-7-14)20(25-21)29-16-9-4-8-15(12-16)26-11-5-10-18(26)27/h1-4,6-9,12-13H,5,10-11H2,(H,24,28)(H2,22,23,25). The Bertz CT molecular complexity index is 1060. The Balaban J connectivity index is 1.59. The Kier molecular flexibility index (Phi) is 5.07. The second kappa shape index (κ2) is 7.97. The molecule has 146 valence electrons. The van der Waals surface area contributed by atoms with E-state index in [-0.39, 0.29) is 23.3 Å². The van der Waals surface area contributed by atoms with Gasteiger partial charge in [-0.2, -0.15) is 4.98 Å². The largest absolute Gasteiger partial charge is 0.438 e. The average molecular weight is 389 g/mol. The highest BCUT2D eigenvalue weighted by atomic mass is 16.5. The maximum Gasteiger partial charge on any atom is 0.262 e. The van der Waals surface area contributed by atoms with E-state index in [4.69, 9.17) is 10.5 Å². The first-order valence-corrected chi connectivity index (χ1v) is 9.17. The summed E-state index contributed by atoms with van der Waals surface area (Å²) in [5, 5.41) is 2.77. The number of nitrogen functional groups attached to an aromatic ring is 1. The molecule has 2 amide bonds. The zero-order valence-corrected chi connectivity index (χ0v) is 15.5. The van der Waals surface area contributed by atoms with Gasteiger partial charge in [0.1, 0.15) is 11.3 Å². The van der Waals surface area contributed by atoms with Crippen molar-refractivity contribution in [1.82, 2.24) is 9.97 Å². The van der Waals surface area contributed by atoms with Crippen molar-refractivity contribution in [2.45, 2.75) is 12.8 Å². The first kappa shape index (κ1) is 18.4. The first-order valence-electron chi connectivity index (χ1n) is 9.17. The van der Waals surface area contributed by atoms with E-state index < -0.39 is 5.91 Å². The molecular weight excluding hydrogens is 370 g/mol. The number of amides is 2. The van der Waals surface area contributed by atoms with Crippen LogP contribution in [0.25, 0.3) is 0 Å². The zero-order valence-electron chi connectivity index (χ0n) is 15.5. The molecule has 8 nitrogen and oxygen atoms in total. The molecule has 0 aliphatic carbocycles. The minimum atomic E-state index is -0.419. The van der Waals surface area contributed by atoms with Gasteiger partial charge in [-0.3, -0.25) is 9.59 Å². The molecule has 8 heteroatoms. The van der Waals surface area contributed by atoms with Gasteiger partial charge < -0.3 is 20.7 Å². The van der Waals surface area contributed by atoms with Crippen molar-refractivity contribution in [2.75, 3.05) is 22.5 Å². The van der Waals surface area contributed by atoms with Gasteiger partial charge in [-0.05, 0) is 30.7 Å². The Labute approximate surface area is 167 Å². The molecule has 29 heavy (non-hydrogen) atoms. The number of carbonyl (C=O) groups is 2. The molecule has 1 aliphatic rings. The molecule has 4 rings (SSSR count). The van der Waals surface area contributed by atoms with Crippen LogP contribution in [-0.2, 0) is 4.79 Å². The van der Waals surface area contributed by atoms with Crippen molar-refractivity contribution < 1.29 is 14.3 Å². The zero-order chi connectivity index (χ0) is 20.2. The molecule has 0 atom stereocenters. The van der Waals surface area contributed by atoms with Crippen LogP contribution in [0.15, 0.2) is 60.8 Å². The van der Waals surface area contributed by atoms with E-state index in [0.717, 1.165) is 12.1 Å². The molecule has 0 spiro atoms. The predicted molar refractivity (Wildman–Crippen MR) is 109 cm³/mol. The van der Waals surface area contributed by atoms with E-state index in [9.17, 15) is 9.59 Å². The summed E-state index contributed by atoms with van der Waals surface area (Å²) in [7, 11) is 0. The molecule has 3 aromatic rings. The lowest BCUT2D eigenvalue weighted by Crippen LogP contribution is -2.23. The number of anilines is 3. The molecule has 2 aromatic carbocycles. The van der Waals surface area contributed by atoms with Crippen LogP contribution in [0.5, 0.6) is 11.6 Å². The van der Waals surface area contributed by atoms with E-state index in [0.29, 0.717) is 24.4 Å². The van der Waals surface area contributed by atoms with Gasteiger partial charge in [-0.1, -0.05) is 24.3 Å². The molecule has 1 saturated heterocycles. The maximum atomic E-state index is 12.7. The second-order valence-electron chi connectivity index (χ2n) is 6.52. The lowest BCUT2D eigenvalue weighted by Gasteiger charge is -2.17. The summed E-state index contributed by atoms with van der Waals surface area (Å²) in [6.07, 6.45) is 2.69. The van der Waals surface area contributed by atoms with Crippen molar-refractivity contribution in [3.8, 4) is 11.6 Å². The van der Waals surface area contributed by atoms with Gasteiger partial charge in [0.05, 0.1) is 0 Å². The fourth-order valence-electron chi connectivity index (χ4n) is 3.08. The highest BCUT2D eigenvalue weighted by Gasteiger charge is 2.22. The predicted octanol–water partition coefficient (Wildman–Crippen LogP) is 3.23. The number of benzene rings is 2. The third-order valence-corrected chi connectivity index (χ3v) is 4.47. The Morgan fingerprint density at radius 3 is 2.72 bits per heavy atom. The lowest BCUT2D eigenvalue weighted by atomic mass is 10.2. The number of ether oxygens (including phenoxy) is 1. The van der Waals surface area contributed by atoms with Crippen molar-refractivity contribution in [3.63, 3.8) is 0 Å². The maximum absolute atomic E-state index is 12.7. The monoisotopic (exact) mass is 389 g/mol. The topological polar surface area (TPSA) is 110 Å². The molecule has 0 unspecified atom stereocenters. The van der Waals surface area contributed by atoms with E-state index in [1.165, 1.54) is 6.20 Å². The Morgan fingerprint density at radius 1 is 1.14 bits per heavy atom. The van der Waals surface area contributed by atoms with Crippen LogP contribution in [0.1, 0.15) is 23.2 Å². The summed E-state index contributed by atoms with van der Waals surface area (Å²) >= 11 is 0. The third-order valence-electron chi connectivity index (χ3n) is 4.47. The molecule has 0 radical (unpaired) electrons. The summed E-state index contributed by atoms with van der Waals surface area (Å²) in [6, 6.07) is 16.1. The van der Waals surface area contributed by atoms with Gasteiger partial charge in [-0.15, -0.1) is 0 Å². The van der Waals surface area contributed by atoms with Crippen LogP contribution in [0.4, 0.5) is 17.3 Å². The fraction of sp³-hybridized carbons (Fsp3) is 0.143. The highest BCUT2D eigenvalue weighted by Crippen LogP contribution is 2.29. The lowest BCUT2D eigenvalue weighted by molar-refractivity contribution is -0.117. The molecule has 3 N–H and O–H groups in total. The highest BCUT2D eigenvalue weighted by molar-refractivity contribution is 6.05. The first-order chi connectivity index (χ1) is 14.1. The summed E-state index contributed by atoms with van der Waals surface area (Å²) < 4.78 is 5.85. The summed E-state index contributed by atoms with van der Waals surface area (Å²) in [5.74, 6) is 0.125. The summed E-state index contributed by atoms with van der Waals surface area (Å²) in [6.45, 7) is 0.674. The van der Waals surface area contributed by atoms with Crippen LogP contribution in [0.2, 0.25) is 0 Å². The number of nitrogens with zero attached hydrogens (tertiary/aromatic N) is 3. The van der Waals surface area contributed by atoms with Crippen LogP contribution < -0.4 is 20.7 Å². The second-order valence-corrected chi connectivity index (χ2v) is 6.52. The van der Waals surface area contributed by atoms with Gasteiger partial charge in [0.25, 0.3) is 5.91 Å². The van der Waals surface area contributed by atoms with Gasteiger partial charge in [0, 0.05) is 36.6 Å². The van der Waals surface area contributed by atoms with Crippen molar-refractivity contribution >= 4 is 29.1 Å². The van der Waals surface area contributed by atoms with Gasteiger partial charge in [-0.25, -0.2) is 4.98 Å². The van der Waals surface area contributed by atoms with E-state index in [2.05, 4.69) is 15.3 Å². The minimum Gasteiger partial charge on any atom is -0.438 e. The van der Waals surface area contributed by atoms with E-state index in [1.807, 2.05) is 24.3 Å². The quantitative estimate of drug-likeness (QED) is 0.693. The van der Waals surface area contributed by atoms with Crippen molar-refractivity contribution in [1.29, 1.82) is 0 Å². The summed E-state index contributed by atoms with van der Waals surface area (Å²) in [5.41, 5.74) is 7.21. The molecule has 0 bridgehead atoms. The number of para-hydroxylation sites is 1. The van der Waals surface area contributed by atoms with Gasteiger partial charge in [0.2, 0.25) is 17.7 Å². The van der Waals surface area contributed by atoms with Crippen molar-refractivity contribution in [2.24, 2.45) is 0 Å². The van der Waals surface area contributed by atoms with E-state index >= 15 is 0 Å². The number of hydrogen-bond donors (Lipinski definition) is 2. The molecule has 1 aromatic heterocycles. The number of nitrogens with one attached hydrogen (secondary N) is 1. The van der Waals surface area contributed by atoms with Crippen LogP contribution >= 0.6 is 0 Å². The minimum absolute atomic E-state index is 0.0119. The normalized spacial score (nSPS) is 13.4. The third kappa shape index (κ3) is 4.16. The molecule has 2 heterocycles. The molecule has 1 aliphatic heterocycles. The molecule has 1 fully saturated rings. The fourth-order valence-corrected chi connectivity index (χ4v) is 3.08. The molecule has 0 saturated carbocycles. The van der Waals surface area contributed by atoms with Gasteiger partial charge in [0.15, 0.2) is 0 Å². The number of nitrogens with two attached hydrogens (primary N) is 1. The number of hydrogen-bond acceptors (Lipinski definition) is 6. The van der Waals surface area contributed by atoms with Crippen LogP contribution in [0.3, 0.4) is 0 Å². The summed E-state index contributed by atoms with van der Waals surface area (Å²) in [4.78, 5) is 34.4. The van der Waals surface area contributed by atoms with Crippen molar-refractivity contribution in [3.05, 3.63) is 66.4 Å². The van der Waals surface area contributed by atoms with Crippen LogP contribution in [-0.4, -0.2) is 28.3 Å². The smallest absolute Gasteiger partial charge is 0.262 e. The Morgan fingerprint density at radius 2 is 1.97 bits per heavy atom. The number of aromatic nitrogens is 2. The molecular formula is C21H19N5O3.